The van der Waals surface area contributed by atoms with Gasteiger partial charge in [-0.2, -0.15) is 0 Å². The summed E-state index contributed by atoms with van der Waals surface area (Å²) in [6.45, 7) is 3.08. The maximum atomic E-state index is 5.89. The van der Waals surface area contributed by atoms with Crippen LogP contribution in [0.2, 0.25) is 0 Å². The van der Waals surface area contributed by atoms with E-state index in [9.17, 15) is 0 Å². The zero-order valence-electron chi connectivity index (χ0n) is 10.9. The lowest BCUT2D eigenvalue weighted by Crippen LogP contribution is -2.15. The third kappa shape index (κ3) is 1.99. The summed E-state index contributed by atoms with van der Waals surface area (Å²) in [7, 11) is 1.72. The van der Waals surface area contributed by atoms with E-state index in [-0.39, 0.29) is 0 Å². The molecule has 2 aromatic rings. The van der Waals surface area contributed by atoms with Gasteiger partial charge in [0.15, 0.2) is 0 Å². The quantitative estimate of drug-likeness (QED) is 0.829. The van der Waals surface area contributed by atoms with Crippen LogP contribution in [0.1, 0.15) is 19.8 Å². The average molecular weight is 245 g/mol. The number of methoxy groups -OCH3 is 1. The minimum atomic E-state index is 0.349. The van der Waals surface area contributed by atoms with Crippen LogP contribution in [0, 0.1) is 0 Å². The van der Waals surface area contributed by atoms with Gasteiger partial charge in [-0.1, -0.05) is 6.07 Å². The van der Waals surface area contributed by atoms with Crippen molar-refractivity contribution in [1.29, 1.82) is 0 Å². The van der Waals surface area contributed by atoms with Crippen molar-refractivity contribution in [1.82, 2.24) is 4.57 Å². The molecular weight excluding hydrogens is 226 g/mol. The predicted molar refractivity (Wildman–Crippen MR) is 72.1 cm³/mol. The fourth-order valence-electron chi connectivity index (χ4n) is 2.77. The van der Waals surface area contributed by atoms with E-state index in [1.165, 1.54) is 17.3 Å². The Labute approximate surface area is 107 Å². The van der Waals surface area contributed by atoms with Gasteiger partial charge in [0.2, 0.25) is 0 Å². The Balaban J connectivity index is 1.89. The van der Waals surface area contributed by atoms with E-state index >= 15 is 0 Å². The van der Waals surface area contributed by atoms with Crippen molar-refractivity contribution in [3.05, 3.63) is 30.5 Å². The first-order chi connectivity index (χ1) is 8.78. The molecule has 3 nitrogen and oxygen atoms in total. The molecule has 1 aromatic heterocycles. The van der Waals surface area contributed by atoms with Crippen LogP contribution in [-0.4, -0.2) is 23.9 Å². The monoisotopic (exact) mass is 245 g/mol. The number of benzene rings is 1. The largest absolute Gasteiger partial charge is 0.496 e. The Kier molecular flexibility index (Phi) is 3.00. The molecule has 1 aromatic carbocycles. The molecule has 3 heteroatoms. The van der Waals surface area contributed by atoms with Crippen molar-refractivity contribution >= 4 is 10.9 Å². The Morgan fingerprint density at radius 2 is 2.22 bits per heavy atom. The topological polar surface area (TPSA) is 23.4 Å². The van der Waals surface area contributed by atoms with Crippen molar-refractivity contribution in [2.24, 2.45) is 0 Å². The van der Waals surface area contributed by atoms with Crippen LogP contribution in [-0.2, 0) is 11.3 Å². The van der Waals surface area contributed by atoms with Gasteiger partial charge >= 0.3 is 0 Å². The van der Waals surface area contributed by atoms with Crippen molar-refractivity contribution in [2.75, 3.05) is 7.11 Å². The van der Waals surface area contributed by atoms with E-state index in [4.69, 9.17) is 9.47 Å². The zero-order chi connectivity index (χ0) is 12.5. The normalized spacial score (nSPS) is 23.7. The van der Waals surface area contributed by atoms with Crippen molar-refractivity contribution in [2.45, 2.75) is 38.5 Å². The second kappa shape index (κ2) is 4.65. The third-order valence-electron chi connectivity index (χ3n) is 3.71. The standard InChI is InChI=1S/C15H19NO2/c1-11-6-7-12(18-11)10-16-9-8-13-14(16)4-3-5-15(13)17-2/h3-5,8-9,11-12H,6-7,10H2,1-2H3. The number of nitrogens with zero attached hydrogens (tertiary/aromatic N) is 1. The van der Waals surface area contributed by atoms with E-state index < -0.39 is 0 Å². The van der Waals surface area contributed by atoms with Gasteiger partial charge in [0.1, 0.15) is 5.75 Å². The molecule has 3 rings (SSSR count). The van der Waals surface area contributed by atoms with Gasteiger partial charge in [-0.05, 0) is 38.0 Å². The fourth-order valence-corrected chi connectivity index (χ4v) is 2.77. The van der Waals surface area contributed by atoms with Crippen LogP contribution in [0.15, 0.2) is 30.5 Å². The van der Waals surface area contributed by atoms with Gasteiger partial charge in [0.25, 0.3) is 0 Å². The lowest BCUT2D eigenvalue weighted by molar-refractivity contribution is 0.0465. The number of ether oxygens (including phenoxy) is 2. The summed E-state index contributed by atoms with van der Waals surface area (Å²) >= 11 is 0. The smallest absolute Gasteiger partial charge is 0.128 e. The molecule has 0 saturated carbocycles. The van der Waals surface area contributed by atoms with Crippen LogP contribution in [0.4, 0.5) is 0 Å². The molecule has 0 spiro atoms. The van der Waals surface area contributed by atoms with Crippen LogP contribution >= 0.6 is 0 Å². The molecule has 0 amide bonds. The van der Waals surface area contributed by atoms with Crippen LogP contribution in [0.5, 0.6) is 5.75 Å². The highest BCUT2D eigenvalue weighted by Crippen LogP contribution is 2.28. The van der Waals surface area contributed by atoms with Crippen LogP contribution < -0.4 is 4.74 Å². The molecule has 2 atom stereocenters. The van der Waals surface area contributed by atoms with E-state index in [1.54, 1.807) is 7.11 Å². The fraction of sp³-hybridized carbons (Fsp3) is 0.467. The molecule has 18 heavy (non-hydrogen) atoms. The third-order valence-corrected chi connectivity index (χ3v) is 3.71. The predicted octanol–water partition coefficient (Wildman–Crippen LogP) is 3.22. The summed E-state index contributed by atoms with van der Waals surface area (Å²) in [5, 5.41) is 1.17. The molecule has 0 radical (unpaired) electrons. The lowest BCUT2D eigenvalue weighted by Gasteiger charge is -2.13. The van der Waals surface area contributed by atoms with Crippen molar-refractivity contribution < 1.29 is 9.47 Å². The minimum Gasteiger partial charge on any atom is -0.496 e. The first-order valence-electron chi connectivity index (χ1n) is 6.55. The van der Waals surface area contributed by atoms with Gasteiger partial charge in [0, 0.05) is 18.1 Å². The highest BCUT2D eigenvalue weighted by atomic mass is 16.5. The summed E-state index contributed by atoms with van der Waals surface area (Å²) in [6.07, 6.45) is 5.21. The van der Waals surface area contributed by atoms with Crippen LogP contribution in [0.25, 0.3) is 10.9 Å². The lowest BCUT2D eigenvalue weighted by atomic mass is 10.2. The molecule has 0 bridgehead atoms. The number of hydrogen-bond acceptors (Lipinski definition) is 2. The van der Waals surface area contributed by atoms with Gasteiger partial charge in [-0.25, -0.2) is 0 Å². The van der Waals surface area contributed by atoms with E-state index in [2.05, 4.69) is 29.8 Å². The number of rotatable bonds is 3. The summed E-state index contributed by atoms with van der Waals surface area (Å²) in [6, 6.07) is 8.29. The molecule has 2 heterocycles. The summed E-state index contributed by atoms with van der Waals surface area (Å²) in [5.74, 6) is 0.937. The Morgan fingerprint density at radius 3 is 2.94 bits per heavy atom. The molecule has 1 aliphatic heterocycles. The molecular formula is C15H19NO2. The van der Waals surface area contributed by atoms with Crippen molar-refractivity contribution in [3.63, 3.8) is 0 Å². The molecule has 2 unspecified atom stereocenters. The zero-order valence-corrected chi connectivity index (χ0v) is 10.9. The maximum Gasteiger partial charge on any atom is 0.128 e. The molecule has 96 valence electrons. The SMILES string of the molecule is COc1cccc2c1ccn2CC1CCC(C)O1. The molecule has 1 saturated heterocycles. The minimum absolute atomic E-state index is 0.349. The van der Waals surface area contributed by atoms with E-state index in [1.807, 2.05) is 12.1 Å². The van der Waals surface area contributed by atoms with Crippen molar-refractivity contribution in [3.8, 4) is 5.75 Å². The second-order valence-corrected chi connectivity index (χ2v) is 5.01. The molecule has 1 fully saturated rings. The van der Waals surface area contributed by atoms with E-state index in [0.717, 1.165) is 18.7 Å². The van der Waals surface area contributed by atoms with Gasteiger partial charge in [-0.15, -0.1) is 0 Å². The van der Waals surface area contributed by atoms with Gasteiger partial charge in [-0.3, -0.25) is 0 Å². The average Bonchev–Trinajstić information content (AvgIpc) is 2.97. The number of fused-ring (bicyclic) bond motifs is 1. The molecule has 0 aliphatic carbocycles. The highest BCUT2D eigenvalue weighted by molar-refractivity contribution is 5.86. The number of hydrogen-bond donors (Lipinski definition) is 0. The van der Waals surface area contributed by atoms with Gasteiger partial charge in [0.05, 0.1) is 24.8 Å². The van der Waals surface area contributed by atoms with E-state index in [0.29, 0.717) is 12.2 Å². The second-order valence-electron chi connectivity index (χ2n) is 5.01. The highest BCUT2D eigenvalue weighted by Gasteiger charge is 2.22. The van der Waals surface area contributed by atoms with Crippen LogP contribution in [0.3, 0.4) is 0 Å². The maximum absolute atomic E-state index is 5.89. The summed E-state index contributed by atoms with van der Waals surface area (Å²) < 4.78 is 13.5. The first-order valence-corrected chi connectivity index (χ1v) is 6.55. The molecule has 1 aliphatic rings. The number of aromatic nitrogens is 1. The molecule has 0 N–H and O–H groups in total. The van der Waals surface area contributed by atoms with Gasteiger partial charge < -0.3 is 14.0 Å². The first kappa shape index (κ1) is 11.6. The Morgan fingerprint density at radius 1 is 1.33 bits per heavy atom. The summed E-state index contributed by atoms with van der Waals surface area (Å²) in [4.78, 5) is 0. The summed E-state index contributed by atoms with van der Waals surface area (Å²) in [5.41, 5.74) is 1.22. The Bertz CT molecular complexity index is 546. The Hall–Kier alpha value is -1.48.